The number of anilines is 1. The number of hydrogen-bond donors (Lipinski definition) is 8. The number of carboxylic acids is 4. The fraction of sp³-hybridized carbons (Fsp3) is 0.241. The van der Waals surface area contributed by atoms with E-state index in [4.69, 9.17) is 51.6 Å². The average Bonchev–Trinajstić information content (AvgIpc) is 3.01. The molecule has 1 amide bonds. The number of carboxylic acid groups (broad SMARTS) is 4. The van der Waals surface area contributed by atoms with E-state index in [2.05, 4.69) is 10.3 Å². The van der Waals surface area contributed by atoms with Crippen molar-refractivity contribution in [3.8, 4) is 5.75 Å². The van der Waals surface area contributed by atoms with Crippen LogP contribution in [0.25, 0.3) is 10.9 Å². The second kappa shape index (κ2) is 18.3. The van der Waals surface area contributed by atoms with Gasteiger partial charge in [-0.25, -0.2) is 19.4 Å². The molecule has 0 saturated carbocycles. The third-order valence-electron chi connectivity index (χ3n) is 5.91. The van der Waals surface area contributed by atoms with E-state index in [1.807, 2.05) is 0 Å². The molecule has 276 valence electrons. The highest BCUT2D eigenvalue weighted by Crippen LogP contribution is 2.23. The van der Waals surface area contributed by atoms with Crippen molar-refractivity contribution in [2.45, 2.75) is 37.7 Å². The zero-order valence-corrected chi connectivity index (χ0v) is 25.5. The first-order valence-corrected chi connectivity index (χ1v) is 13.6. The predicted molar refractivity (Wildman–Crippen MR) is 161 cm³/mol. The van der Waals surface area contributed by atoms with Crippen LogP contribution in [0.2, 0.25) is 0 Å². The number of nitrogen functional groups attached to an aromatic ring is 2. The van der Waals surface area contributed by atoms with Crippen LogP contribution >= 0.6 is 0 Å². The number of Topliss-reactive ketones (excluding diaryl/α,β-unsaturated/α-hetero) is 1. The van der Waals surface area contributed by atoms with Gasteiger partial charge in [-0.1, -0.05) is 12.1 Å². The van der Waals surface area contributed by atoms with Crippen LogP contribution in [0, 0.1) is 5.41 Å². The molecule has 1 aromatic heterocycles. The van der Waals surface area contributed by atoms with Gasteiger partial charge in [0.2, 0.25) is 5.78 Å². The molecular weight excluding hydrogens is 708 g/mol. The van der Waals surface area contributed by atoms with Crippen molar-refractivity contribution in [1.29, 1.82) is 5.41 Å². The number of ketones is 1. The highest BCUT2D eigenvalue weighted by atomic mass is 19.4. The van der Waals surface area contributed by atoms with E-state index >= 15 is 0 Å². The van der Waals surface area contributed by atoms with Crippen molar-refractivity contribution < 1.29 is 80.3 Å². The first-order chi connectivity index (χ1) is 23.4. The molecule has 22 heteroatoms. The lowest BCUT2D eigenvalue weighted by Gasteiger charge is -2.20. The summed E-state index contributed by atoms with van der Waals surface area (Å²) in [6, 6.07) is 11.7. The first kappa shape index (κ1) is 42.5. The molecule has 1 atom stereocenters. The van der Waals surface area contributed by atoms with Crippen LogP contribution in [0.3, 0.4) is 0 Å². The molecule has 0 unspecified atom stereocenters. The standard InChI is InChI=1S/C25H25N5O7.2C2HF3O2/c26-21-7-4-13-9-16(3-6-18(13)30-21)24(34)29-17(5-8-22(32)33)12-37-20-11-15(23(27)28)2-1-14(20)10-19(31)25(35)36;2*3-2(4,5)1(6)7/h1-4,6-7,9,11,17H,5,8,10,12H2,(H2,26,30)(H3,27,28)(H,29,34)(H,32,33)(H,35,36);2*(H,6,7)/t17-;;/m1../s1. The van der Waals surface area contributed by atoms with Gasteiger partial charge in [-0.15, -0.1) is 0 Å². The molecule has 0 aliphatic carbocycles. The number of benzene rings is 2. The maximum absolute atomic E-state index is 12.9. The lowest BCUT2D eigenvalue weighted by molar-refractivity contribution is -0.193. The Morgan fingerprint density at radius 1 is 0.843 bits per heavy atom. The monoisotopic (exact) mass is 735 g/mol. The largest absolute Gasteiger partial charge is 0.491 e. The highest BCUT2D eigenvalue weighted by Gasteiger charge is 2.38. The minimum absolute atomic E-state index is 0.0303. The highest BCUT2D eigenvalue weighted by molar-refractivity contribution is 6.33. The van der Waals surface area contributed by atoms with E-state index in [0.717, 1.165) is 0 Å². The van der Waals surface area contributed by atoms with Gasteiger partial charge in [-0.05, 0) is 42.8 Å². The fourth-order valence-corrected chi connectivity index (χ4v) is 3.49. The van der Waals surface area contributed by atoms with E-state index in [1.165, 1.54) is 18.2 Å². The number of rotatable bonds is 12. The molecule has 0 bridgehead atoms. The number of pyridine rings is 1. The summed E-state index contributed by atoms with van der Waals surface area (Å²) in [5.74, 6) is -9.58. The van der Waals surface area contributed by atoms with Gasteiger partial charge < -0.3 is 41.9 Å². The van der Waals surface area contributed by atoms with Crippen molar-refractivity contribution in [1.82, 2.24) is 10.3 Å². The molecule has 0 aliphatic heterocycles. The zero-order valence-electron chi connectivity index (χ0n) is 25.5. The van der Waals surface area contributed by atoms with Gasteiger partial charge in [0.15, 0.2) is 0 Å². The molecule has 10 N–H and O–H groups in total. The molecule has 0 aliphatic rings. The topological polar surface area (TPSA) is 293 Å². The molecule has 0 spiro atoms. The quantitative estimate of drug-likeness (QED) is 0.0574. The molecule has 0 saturated heterocycles. The summed E-state index contributed by atoms with van der Waals surface area (Å²) in [7, 11) is 0. The predicted octanol–water partition coefficient (Wildman–Crippen LogP) is 2.61. The molecule has 16 nitrogen and oxygen atoms in total. The van der Waals surface area contributed by atoms with Crippen molar-refractivity contribution in [3.63, 3.8) is 0 Å². The van der Waals surface area contributed by atoms with Crippen molar-refractivity contribution >= 4 is 58.1 Å². The Balaban J connectivity index is 0.000000780. The summed E-state index contributed by atoms with van der Waals surface area (Å²) in [6.07, 6.45) is -10.9. The molecule has 0 fully saturated rings. The lowest BCUT2D eigenvalue weighted by Crippen LogP contribution is -2.39. The molecule has 0 radical (unpaired) electrons. The molecule has 2 aromatic carbocycles. The Labute approximate surface area is 281 Å². The number of alkyl halides is 6. The number of aliphatic carboxylic acids is 4. The van der Waals surface area contributed by atoms with Crippen LogP contribution in [0.5, 0.6) is 5.75 Å². The first-order valence-electron chi connectivity index (χ1n) is 13.6. The number of carbonyl (C=O) groups is 6. The lowest BCUT2D eigenvalue weighted by atomic mass is 10.0. The summed E-state index contributed by atoms with van der Waals surface area (Å²) in [4.78, 5) is 68.8. The minimum atomic E-state index is -5.08. The van der Waals surface area contributed by atoms with E-state index in [0.29, 0.717) is 22.3 Å². The third-order valence-corrected chi connectivity index (χ3v) is 5.91. The van der Waals surface area contributed by atoms with Gasteiger partial charge in [-0.3, -0.25) is 19.8 Å². The number of nitrogens with one attached hydrogen (secondary N) is 2. The van der Waals surface area contributed by atoms with Crippen LogP contribution in [0.15, 0.2) is 48.5 Å². The average molecular weight is 736 g/mol. The zero-order chi connectivity index (χ0) is 39.3. The van der Waals surface area contributed by atoms with Gasteiger partial charge in [0, 0.05) is 34.9 Å². The van der Waals surface area contributed by atoms with Crippen molar-refractivity contribution in [2.24, 2.45) is 5.73 Å². The summed E-state index contributed by atoms with van der Waals surface area (Å²) >= 11 is 0. The molecule has 51 heavy (non-hydrogen) atoms. The minimum Gasteiger partial charge on any atom is -0.491 e. The summed E-state index contributed by atoms with van der Waals surface area (Å²) < 4.78 is 69.3. The van der Waals surface area contributed by atoms with E-state index in [9.17, 15) is 45.5 Å². The fourth-order valence-electron chi connectivity index (χ4n) is 3.49. The van der Waals surface area contributed by atoms with Crippen LogP contribution in [-0.2, 0) is 30.4 Å². The van der Waals surface area contributed by atoms with E-state index < -0.39 is 60.4 Å². The van der Waals surface area contributed by atoms with Gasteiger partial charge in [-0.2, -0.15) is 26.3 Å². The second-order valence-corrected chi connectivity index (χ2v) is 9.80. The van der Waals surface area contributed by atoms with E-state index in [1.54, 1.807) is 30.3 Å². The van der Waals surface area contributed by atoms with Gasteiger partial charge >= 0.3 is 36.2 Å². The number of fused-ring (bicyclic) bond motifs is 1. The van der Waals surface area contributed by atoms with Crippen molar-refractivity contribution in [2.75, 3.05) is 12.3 Å². The maximum Gasteiger partial charge on any atom is 0.490 e. The normalized spacial score (nSPS) is 11.4. The number of aromatic nitrogens is 1. The summed E-state index contributed by atoms with van der Waals surface area (Å²) in [5, 5.41) is 43.4. The van der Waals surface area contributed by atoms with Gasteiger partial charge in [0.05, 0.1) is 11.6 Å². The molecule has 1 heterocycles. The third kappa shape index (κ3) is 15.1. The van der Waals surface area contributed by atoms with E-state index in [-0.39, 0.29) is 42.2 Å². The van der Waals surface area contributed by atoms with Gasteiger partial charge in [0.1, 0.15) is 24.0 Å². The molecule has 3 aromatic rings. The Morgan fingerprint density at radius 3 is 1.88 bits per heavy atom. The molecule has 3 rings (SSSR count). The second-order valence-electron chi connectivity index (χ2n) is 9.80. The smallest absolute Gasteiger partial charge is 0.490 e. The number of nitrogens with two attached hydrogens (primary N) is 2. The Bertz CT molecular complexity index is 1780. The number of amides is 1. The van der Waals surface area contributed by atoms with Crippen LogP contribution < -0.4 is 21.5 Å². The number of halogens is 6. The Hall–Kier alpha value is -6.48. The van der Waals surface area contributed by atoms with Crippen LogP contribution in [-0.4, -0.2) is 91.8 Å². The number of carbonyl (C=O) groups excluding carboxylic acids is 2. The van der Waals surface area contributed by atoms with Crippen LogP contribution in [0.4, 0.5) is 32.2 Å². The summed E-state index contributed by atoms with van der Waals surface area (Å²) in [6.45, 7) is -0.194. The van der Waals surface area contributed by atoms with Crippen LogP contribution in [0.1, 0.15) is 34.3 Å². The SMILES string of the molecule is N=C(N)c1ccc(CC(=O)C(=O)O)c(OC[C@@H](CCC(=O)O)NC(=O)c2ccc3nc(N)ccc3c2)c1.O=C(O)C(F)(F)F.O=C(O)C(F)(F)F. The summed E-state index contributed by atoms with van der Waals surface area (Å²) in [5.41, 5.74) is 12.6. The number of amidine groups is 1. The van der Waals surface area contributed by atoms with Gasteiger partial charge in [0.25, 0.3) is 5.91 Å². The van der Waals surface area contributed by atoms with Crippen molar-refractivity contribution in [3.05, 3.63) is 65.2 Å². The Morgan fingerprint density at radius 2 is 1.39 bits per heavy atom. The number of hydrogen-bond acceptors (Lipinski definition) is 10. The molecular formula is C29H27F6N5O11. The number of nitrogens with zero attached hydrogens (tertiary/aromatic N) is 1. The Kier molecular flexibility index (Phi) is 15.3. The maximum atomic E-state index is 12.9. The number of ether oxygens (including phenoxy) is 1.